The number of alkyl halides is 3. The van der Waals surface area contributed by atoms with Gasteiger partial charge in [-0.2, -0.15) is 13.2 Å². The molecule has 1 aromatic carbocycles. The molecule has 1 heterocycles. The molecule has 3 nitrogen and oxygen atoms in total. The summed E-state index contributed by atoms with van der Waals surface area (Å²) in [6.07, 6.45) is -4.27. The lowest BCUT2D eigenvalue weighted by atomic mass is 9.97. The summed E-state index contributed by atoms with van der Waals surface area (Å²) in [6, 6.07) is 3.70. The number of aryl methyl sites for hydroxylation is 1. The van der Waals surface area contributed by atoms with Gasteiger partial charge < -0.3 is 4.90 Å². The van der Waals surface area contributed by atoms with Gasteiger partial charge in [0.2, 0.25) is 5.91 Å². The second-order valence-corrected chi connectivity index (χ2v) is 4.12. The summed E-state index contributed by atoms with van der Waals surface area (Å²) in [5.74, 6) is -1.94. The molecule has 0 saturated carbocycles. The van der Waals surface area contributed by atoms with E-state index < -0.39 is 12.0 Å². The minimum atomic E-state index is -4.87. The Morgan fingerprint density at radius 1 is 1.28 bits per heavy atom. The molecule has 0 aromatic heterocycles. The van der Waals surface area contributed by atoms with Gasteiger partial charge in [0.1, 0.15) is 0 Å². The summed E-state index contributed by atoms with van der Waals surface area (Å²) in [7, 11) is 1.56. The van der Waals surface area contributed by atoms with Crippen molar-refractivity contribution >= 4 is 17.4 Å². The van der Waals surface area contributed by atoms with Crippen LogP contribution in [0.25, 0.3) is 0 Å². The lowest BCUT2D eigenvalue weighted by Crippen LogP contribution is -2.31. The molecule has 0 unspecified atom stereocenters. The highest BCUT2D eigenvalue weighted by Crippen LogP contribution is 2.30. The Morgan fingerprint density at radius 2 is 1.94 bits per heavy atom. The summed E-state index contributed by atoms with van der Waals surface area (Å²) in [5.41, 5.74) is 0.765. The highest BCUT2D eigenvalue weighted by atomic mass is 19.4. The molecular formula is C12H10F3NO2. The molecule has 0 saturated heterocycles. The largest absolute Gasteiger partial charge is 0.454 e. The van der Waals surface area contributed by atoms with E-state index in [0.717, 1.165) is 6.07 Å². The van der Waals surface area contributed by atoms with Gasteiger partial charge >= 0.3 is 6.18 Å². The van der Waals surface area contributed by atoms with Crippen molar-refractivity contribution in [2.24, 2.45) is 0 Å². The summed E-state index contributed by atoms with van der Waals surface area (Å²) in [6.45, 7) is 0. The Kier molecular flexibility index (Phi) is 2.88. The predicted octanol–water partition coefficient (Wildman–Crippen LogP) is 2.34. The van der Waals surface area contributed by atoms with Crippen LogP contribution in [0, 0.1) is 0 Å². The van der Waals surface area contributed by atoms with Crippen LogP contribution in [-0.2, 0) is 11.2 Å². The number of halogens is 3. The highest BCUT2D eigenvalue weighted by molar-refractivity contribution is 6.02. The van der Waals surface area contributed by atoms with E-state index in [9.17, 15) is 22.8 Å². The average Bonchev–Trinajstić information content (AvgIpc) is 2.31. The fraction of sp³-hybridized carbons (Fsp3) is 0.333. The van der Waals surface area contributed by atoms with Crippen molar-refractivity contribution < 1.29 is 22.8 Å². The van der Waals surface area contributed by atoms with Gasteiger partial charge in [0.25, 0.3) is 5.78 Å². The van der Waals surface area contributed by atoms with Crippen molar-refractivity contribution in [2.75, 3.05) is 11.9 Å². The molecule has 96 valence electrons. The van der Waals surface area contributed by atoms with Crippen LogP contribution in [0.15, 0.2) is 18.2 Å². The van der Waals surface area contributed by atoms with Crippen molar-refractivity contribution in [3.05, 3.63) is 29.3 Å². The Bertz CT molecular complexity index is 523. The van der Waals surface area contributed by atoms with E-state index in [4.69, 9.17) is 0 Å². The van der Waals surface area contributed by atoms with Gasteiger partial charge in [-0.05, 0) is 30.2 Å². The lowest BCUT2D eigenvalue weighted by molar-refractivity contribution is -0.118. The van der Waals surface area contributed by atoms with Crippen LogP contribution in [0.2, 0.25) is 0 Å². The van der Waals surface area contributed by atoms with Gasteiger partial charge in [-0.25, -0.2) is 0 Å². The minimum Gasteiger partial charge on any atom is -0.315 e. The molecule has 0 spiro atoms. The fourth-order valence-electron chi connectivity index (χ4n) is 1.96. The molecule has 1 aliphatic rings. The monoisotopic (exact) mass is 257 g/mol. The Balaban J connectivity index is 2.40. The van der Waals surface area contributed by atoms with Crippen molar-refractivity contribution in [3.63, 3.8) is 0 Å². The van der Waals surface area contributed by atoms with Gasteiger partial charge in [-0.1, -0.05) is 0 Å². The molecule has 1 aliphatic heterocycles. The summed E-state index contributed by atoms with van der Waals surface area (Å²) >= 11 is 0. The first-order valence-corrected chi connectivity index (χ1v) is 5.31. The number of carbonyl (C=O) groups is 2. The van der Waals surface area contributed by atoms with Crippen molar-refractivity contribution in [3.8, 4) is 0 Å². The van der Waals surface area contributed by atoms with Gasteiger partial charge in [-0.3, -0.25) is 9.59 Å². The zero-order chi connectivity index (χ0) is 13.5. The van der Waals surface area contributed by atoms with Crippen LogP contribution in [0.1, 0.15) is 22.3 Å². The number of fused-ring (bicyclic) bond motifs is 1. The van der Waals surface area contributed by atoms with E-state index in [1.807, 2.05) is 0 Å². The zero-order valence-corrected chi connectivity index (χ0v) is 9.54. The molecule has 2 rings (SSSR count). The number of Topliss-reactive ketones (excluding diaryl/α,β-unsaturated/α-hetero) is 1. The Labute approximate surface area is 101 Å². The number of ketones is 1. The first-order chi connectivity index (χ1) is 8.30. The molecule has 0 atom stereocenters. The van der Waals surface area contributed by atoms with E-state index in [-0.39, 0.29) is 17.9 Å². The number of benzene rings is 1. The third-order valence-electron chi connectivity index (χ3n) is 2.94. The third-order valence-corrected chi connectivity index (χ3v) is 2.94. The second kappa shape index (κ2) is 4.12. The number of rotatable bonds is 1. The molecule has 6 heteroatoms. The molecule has 0 bridgehead atoms. The maximum Gasteiger partial charge on any atom is 0.454 e. The first kappa shape index (κ1) is 12.6. The van der Waals surface area contributed by atoms with E-state index >= 15 is 0 Å². The van der Waals surface area contributed by atoms with Crippen molar-refractivity contribution in [1.29, 1.82) is 0 Å². The number of hydrogen-bond donors (Lipinski definition) is 0. The highest BCUT2D eigenvalue weighted by Gasteiger charge is 2.39. The van der Waals surface area contributed by atoms with E-state index in [1.54, 1.807) is 7.05 Å². The quantitative estimate of drug-likeness (QED) is 0.724. The molecule has 1 aromatic rings. The van der Waals surface area contributed by atoms with Crippen LogP contribution in [0.3, 0.4) is 0 Å². The molecule has 0 radical (unpaired) electrons. The van der Waals surface area contributed by atoms with Crippen LogP contribution >= 0.6 is 0 Å². The van der Waals surface area contributed by atoms with Crippen LogP contribution < -0.4 is 4.90 Å². The smallest absolute Gasteiger partial charge is 0.315 e. The molecule has 0 N–H and O–H groups in total. The predicted molar refractivity (Wildman–Crippen MR) is 58.6 cm³/mol. The van der Waals surface area contributed by atoms with E-state index in [0.29, 0.717) is 17.7 Å². The number of carbonyl (C=O) groups excluding carboxylic acids is 2. The Hall–Kier alpha value is -1.85. The summed E-state index contributed by atoms with van der Waals surface area (Å²) < 4.78 is 36.9. The lowest BCUT2D eigenvalue weighted by Gasteiger charge is -2.26. The Morgan fingerprint density at radius 3 is 2.56 bits per heavy atom. The third kappa shape index (κ3) is 2.10. The number of anilines is 1. The van der Waals surface area contributed by atoms with Gasteiger partial charge in [-0.15, -0.1) is 0 Å². The minimum absolute atomic E-state index is 0.0857. The average molecular weight is 257 g/mol. The van der Waals surface area contributed by atoms with Crippen LogP contribution in [-0.4, -0.2) is 24.9 Å². The molecule has 0 aliphatic carbocycles. The first-order valence-electron chi connectivity index (χ1n) is 5.31. The maximum atomic E-state index is 12.3. The number of amides is 1. The molecular weight excluding hydrogens is 247 g/mol. The molecule has 0 fully saturated rings. The van der Waals surface area contributed by atoms with Crippen molar-refractivity contribution in [1.82, 2.24) is 0 Å². The van der Waals surface area contributed by atoms with Crippen LogP contribution in [0.5, 0.6) is 0 Å². The van der Waals surface area contributed by atoms with Crippen LogP contribution in [0.4, 0.5) is 18.9 Å². The summed E-state index contributed by atoms with van der Waals surface area (Å²) in [4.78, 5) is 23.9. The zero-order valence-electron chi connectivity index (χ0n) is 9.54. The molecule has 1 amide bonds. The van der Waals surface area contributed by atoms with E-state index in [1.165, 1.54) is 17.0 Å². The topological polar surface area (TPSA) is 37.4 Å². The SMILES string of the molecule is CN1C(=O)CCc2cc(C(=O)C(F)(F)F)ccc21. The van der Waals surface area contributed by atoms with Crippen molar-refractivity contribution in [2.45, 2.75) is 19.0 Å². The van der Waals surface area contributed by atoms with Gasteiger partial charge in [0.05, 0.1) is 0 Å². The van der Waals surface area contributed by atoms with Gasteiger partial charge in [0.15, 0.2) is 0 Å². The van der Waals surface area contributed by atoms with Gasteiger partial charge in [0, 0.05) is 24.7 Å². The maximum absolute atomic E-state index is 12.3. The number of hydrogen-bond acceptors (Lipinski definition) is 2. The molecule has 18 heavy (non-hydrogen) atoms. The fourth-order valence-corrected chi connectivity index (χ4v) is 1.96. The second-order valence-electron chi connectivity index (χ2n) is 4.12. The summed E-state index contributed by atoms with van der Waals surface area (Å²) in [5, 5.41) is 0. The standard InChI is InChI=1S/C12H10F3NO2/c1-16-9-4-2-8(11(18)12(13,14)15)6-7(9)3-5-10(16)17/h2,4,6H,3,5H2,1H3. The van der Waals surface area contributed by atoms with E-state index in [2.05, 4.69) is 0 Å². The number of nitrogens with zero attached hydrogens (tertiary/aromatic N) is 1. The normalized spacial score (nSPS) is 15.6.